The summed E-state index contributed by atoms with van der Waals surface area (Å²) in [5.74, 6) is 1.16. The molecule has 1 aromatic carbocycles. The normalized spacial score (nSPS) is 14.0. The minimum Gasteiger partial charge on any atom is -0.435 e. The number of anilines is 1. The fraction of sp³-hybridized carbons (Fsp3) is 0.316. The molecule has 4 rings (SSSR count). The molecule has 0 saturated heterocycles. The summed E-state index contributed by atoms with van der Waals surface area (Å²) in [6, 6.07) is 6.99. The molecule has 1 N–H and O–H groups in total. The minimum atomic E-state index is -2.86. The van der Waals surface area contributed by atoms with Crippen molar-refractivity contribution in [3.05, 3.63) is 42.2 Å². The highest BCUT2D eigenvalue weighted by atomic mass is 19.3. The number of rotatable bonds is 6. The van der Waals surface area contributed by atoms with E-state index in [1.807, 2.05) is 13.0 Å². The molecule has 26 heavy (non-hydrogen) atoms. The maximum atomic E-state index is 12.5. The van der Waals surface area contributed by atoms with Crippen molar-refractivity contribution in [1.29, 1.82) is 0 Å². The molecule has 1 saturated carbocycles. The molecule has 134 valence electrons. The van der Waals surface area contributed by atoms with Crippen LogP contribution in [0, 0.1) is 0 Å². The lowest BCUT2D eigenvalue weighted by molar-refractivity contribution is -0.0497. The zero-order chi connectivity index (χ0) is 18.1. The first kappa shape index (κ1) is 16.6. The van der Waals surface area contributed by atoms with Gasteiger partial charge in [0.15, 0.2) is 0 Å². The number of benzene rings is 1. The van der Waals surface area contributed by atoms with Crippen molar-refractivity contribution in [3.63, 3.8) is 0 Å². The Morgan fingerprint density at radius 1 is 1.19 bits per heavy atom. The Bertz CT molecular complexity index is 927. The fourth-order valence-corrected chi connectivity index (χ4v) is 3.00. The summed E-state index contributed by atoms with van der Waals surface area (Å²) in [6.45, 7) is -0.138. The van der Waals surface area contributed by atoms with Crippen molar-refractivity contribution in [1.82, 2.24) is 15.0 Å². The van der Waals surface area contributed by atoms with Gasteiger partial charge < -0.3 is 10.1 Å². The van der Waals surface area contributed by atoms with Crippen molar-refractivity contribution in [2.24, 2.45) is 0 Å². The highest BCUT2D eigenvalue weighted by Crippen LogP contribution is 2.44. The van der Waals surface area contributed by atoms with Crippen molar-refractivity contribution >= 4 is 16.9 Å². The molecule has 3 aromatic rings. The Kier molecular flexibility index (Phi) is 4.36. The summed E-state index contributed by atoms with van der Waals surface area (Å²) in [5.41, 5.74) is 3.34. The SMILES string of the molecule is CCNc1ncc(-c2cc(C3CC3)c3ccc(OC(F)F)cc3n2)cn1. The molecule has 0 unspecified atom stereocenters. The first-order chi connectivity index (χ1) is 12.6. The number of ether oxygens (including phenoxy) is 1. The molecule has 0 aliphatic heterocycles. The summed E-state index contributed by atoms with van der Waals surface area (Å²) in [6.07, 6.45) is 5.69. The topological polar surface area (TPSA) is 59.9 Å². The standard InChI is InChI=1S/C19H18F2N4O/c1-2-22-19-23-9-12(10-24-19)16-8-15(11-3-4-11)14-6-5-13(26-18(20)21)7-17(14)25-16/h5-11,18H,2-4H2,1H3,(H,22,23,24). The van der Waals surface area contributed by atoms with Gasteiger partial charge in [-0.2, -0.15) is 8.78 Å². The third-order valence-electron chi connectivity index (χ3n) is 4.34. The van der Waals surface area contributed by atoms with E-state index >= 15 is 0 Å². The largest absolute Gasteiger partial charge is 0.435 e. The highest BCUT2D eigenvalue weighted by Gasteiger charge is 2.26. The van der Waals surface area contributed by atoms with E-state index in [4.69, 9.17) is 0 Å². The Balaban J connectivity index is 1.78. The van der Waals surface area contributed by atoms with Gasteiger partial charge in [-0.15, -0.1) is 0 Å². The lowest BCUT2D eigenvalue weighted by atomic mass is 10.0. The van der Waals surface area contributed by atoms with E-state index in [9.17, 15) is 8.78 Å². The Morgan fingerprint density at radius 3 is 2.62 bits per heavy atom. The van der Waals surface area contributed by atoms with E-state index < -0.39 is 6.61 Å². The molecule has 2 aromatic heterocycles. The Hall–Kier alpha value is -2.83. The third kappa shape index (κ3) is 3.42. The third-order valence-corrected chi connectivity index (χ3v) is 4.34. The molecule has 0 bridgehead atoms. The van der Waals surface area contributed by atoms with Crippen LogP contribution in [0.3, 0.4) is 0 Å². The predicted octanol–water partition coefficient (Wildman–Crippen LogP) is 4.60. The van der Waals surface area contributed by atoms with Crippen LogP contribution >= 0.6 is 0 Å². The molecule has 1 fully saturated rings. The van der Waals surface area contributed by atoms with Crippen LogP contribution in [0.25, 0.3) is 22.2 Å². The Morgan fingerprint density at radius 2 is 1.96 bits per heavy atom. The highest BCUT2D eigenvalue weighted by molar-refractivity contribution is 5.87. The van der Waals surface area contributed by atoms with Gasteiger partial charge in [0.1, 0.15) is 5.75 Å². The van der Waals surface area contributed by atoms with Crippen LogP contribution in [0.15, 0.2) is 36.7 Å². The number of fused-ring (bicyclic) bond motifs is 1. The second-order valence-corrected chi connectivity index (χ2v) is 6.25. The molecule has 0 spiro atoms. The summed E-state index contributed by atoms with van der Waals surface area (Å²) in [7, 11) is 0. The maximum absolute atomic E-state index is 12.5. The van der Waals surface area contributed by atoms with E-state index in [-0.39, 0.29) is 5.75 Å². The second kappa shape index (κ2) is 6.82. The van der Waals surface area contributed by atoms with Crippen molar-refractivity contribution in [3.8, 4) is 17.0 Å². The van der Waals surface area contributed by atoms with Gasteiger partial charge in [-0.05, 0) is 49.4 Å². The summed E-state index contributed by atoms with van der Waals surface area (Å²) in [4.78, 5) is 13.2. The van der Waals surface area contributed by atoms with Crippen molar-refractivity contribution < 1.29 is 13.5 Å². The molecule has 7 heteroatoms. The van der Waals surface area contributed by atoms with E-state index in [1.165, 1.54) is 5.56 Å². The summed E-state index contributed by atoms with van der Waals surface area (Å²) >= 11 is 0. The van der Waals surface area contributed by atoms with Gasteiger partial charge in [-0.25, -0.2) is 15.0 Å². The van der Waals surface area contributed by atoms with Crippen LogP contribution in [0.5, 0.6) is 5.75 Å². The lowest BCUT2D eigenvalue weighted by Gasteiger charge is -2.11. The molecule has 0 atom stereocenters. The number of hydrogen-bond acceptors (Lipinski definition) is 5. The van der Waals surface area contributed by atoms with E-state index in [0.717, 1.165) is 36.0 Å². The number of nitrogens with one attached hydrogen (secondary N) is 1. The quantitative estimate of drug-likeness (QED) is 0.699. The smallest absolute Gasteiger partial charge is 0.387 e. The summed E-state index contributed by atoms with van der Waals surface area (Å²) in [5, 5.41) is 4.03. The average Bonchev–Trinajstić information content (AvgIpc) is 3.46. The van der Waals surface area contributed by atoms with Gasteiger partial charge in [0, 0.05) is 36.0 Å². The monoisotopic (exact) mass is 356 g/mol. The molecule has 5 nitrogen and oxygen atoms in total. The first-order valence-electron chi connectivity index (χ1n) is 8.60. The lowest BCUT2D eigenvalue weighted by Crippen LogP contribution is -2.02. The number of alkyl halides is 2. The fourth-order valence-electron chi connectivity index (χ4n) is 3.00. The molecule has 0 radical (unpaired) electrons. The predicted molar refractivity (Wildman–Crippen MR) is 95.5 cm³/mol. The van der Waals surface area contributed by atoms with Crippen LogP contribution < -0.4 is 10.1 Å². The number of hydrogen-bond donors (Lipinski definition) is 1. The van der Waals surface area contributed by atoms with Gasteiger partial charge in [-0.3, -0.25) is 0 Å². The number of aromatic nitrogens is 3. The van der Waals surface area contributed by atoms with Gasteiger partial charge in [0.25, 0.3) is 0 Å². The zero-order valence-corrected chi connectivity index (χ0v) is 14.2. The molecular formula is C19H18F2N4O. The van der Waals surface area contributed by atoms with Gasteiger partial charge in [0.2, 0.25) is 5.95 Å². The van der Waals surface area contributed by atoms with E-state index in [0.29, 0.717) is 17.4 Å². The van der Waals surface area contributed by atoms with Gasteiger partial charge in [0.05, 0.1) is 11.2 Å². The van der Waals surface area contributed by atoms with E-state index in [1.54, 1.807) is 24.5 Å². The molecule has 1 aliphatic carbocycles. The number of nitrogens with zero attached hydrogens (tertiary/aromatic N) is 3. The molecular weight excluding hydrogens is 338 g/mol. The number of pyridine rings is 1. The first-order valence-corrected chi connectivity index (χ1v) is 8.60. The molecule has 1 aliphatic rings. The van der Waals surface area contributed by atoms with Crippen LogP contribution in [0.4, 0.5) is 14.7 Å². The average molecular weight is 356 g/mol. The molecule has 2 heterocycles. The summed E-state index contributed by atoms with van der Waals surface area (Å²) < 4.78 is 29.6. The van der Waals surface area contributed by atoms with Crippen LogP contribution in [-0.2, 0) is 0 Å². The second-order valence-electron chi connectivity index (χ2n) is 6.25. The maximum Gasteiger partial charge on any atom is 0.387 e. The Labute approximate surface area is 149 Å². The number of halogens is 2. The van der Waals surface area contributed by atoms with Crippen molar-refractivity contribution in [2.75, 3.05) is 11.9 Å². The molecule has 0 amide bonds. The van der Waals surface area contributed by atoms with Gasteiger partial charge in [-0.1, -0.05) is 0 Å². The zero-order valence-electron chi connectivity index (χ0n) is 14.2. The van der Waals surface area contributed by atoms with E-state index in [2.05, 4.69) is 31.1 Å². The minimum absolute atomic E-state index is 0.109. The van der Waals surface area contributed by atoms with Gasteiger partial charge >= 0.3 is 6.61 Å². The van der Waals surface area contributed by atoms with Crippen LogP contribution in [0.1, 0.15) is 31.2 Å². The van der Waals surface area contributed by atoms with Crippen molar-refractivity contribution in [2.45, 2.75) is 32.3 Å². The van der Waals surface area contributed by atoms with Crippen LogP contribution in [0.2, 0.25) is 0 Å². The van der Waals surface area contributed by atoms with Crippen LogP contribution in [-0.4, -0.2) is 28.1 Å².